The van der Waals surface area contributed by atoms with Gasteiger partial charge in [-0.05, 0) is 24.3 Å². The highest BCUT2D eigenvalue weighted by Crippen LogP contribution is 2.21. The maximum Gasteiger partial charge on any atom is 0.223 e. The van der Waals surface area contributed by atoms with Gasteiger partial charge < -0.3 is 4.90 Å². The van der Waals surface area contributed by atoms with E-state index in [2.05, 4.69) is 58.9 Å². The van der Waals surface area contributed by atoms with Crippen LogP contribution in [-0.2, 0) is 11.3 Å². The summed E-state index contributed by atoms with van der Waals surface area (Å²) in [5.74, 6) is 0.260. The summed E-state index contributed by atoms with van der Waals surface area (Å²) in [6.07, 6.45) is 1.61. The van der Waals surface area contributed by atoms with E-state index in [1.54, 1.807) is 0 Å². The molecule has 0 fully saturated rings. The molecule has 19 heavy (non-hydrogen) atoms. The first-order chi connectivity index (χ1) is 8.81. The summed E-state index contributed by atoms with van der Waals surface area (Å²) in [4.78, 5) is 14.4. The molecule has 1 rings (SSSR count). The molecular weight excluding hydrogens is 234 g/mol. The molecule has 1 amide bonds. The second-order valence-electron chi connectivity index (χ2n) is 6.54. The SMILES string of the molecule is CCCN(Cc1cccc(C)c1)C(=O)CC(C)(C)C. The lowest BCUT2D eigenvalue weighted by molar-refractivity contribution is -0.133. The summed E-state index contributed by atoms with van der Waals surface area (Å²) in [7, 11) is 0. The highest BCUT2D eigenvalue weighted by atomic mass is 16.2. The number of rotatable bonds is 5. The Labute approximate surface area is 117 Å². The number of benzene rings is 1. The van der Waals surface area contributed by atoms with Gasteiger partial charge in [0, 0.05) is 19.5 Å². The Balaban J connectivity index is 2.75. The van der Waals surface area contributed by atoms with E-state index in [-0.39, 0.29) is 11.3 Å². The summed E-state index contributed by atoms with van der Waals surface area (Å²) >= 11 is 0. The Morgan fingerprint density at radius 1 is 1.26 bits per heavy atom. The van der Waals surface area contributed by atoms with Gasteiger partial charge >= 0.3 is 0 Å². The average molecular weight is 261 g/mol. The topological polar surface area (TPSA) is 20.3 Å². The zero-order chi connectivity index (χ0) is 14.5. The molecule has 0 spiro atoms. The van der Waals surface area contributed by atoms with Gasteiger partial charge in [0.2, 0.25) is 5.91 Å². The van der Waals surface area contributed by atoms with Gasteiger partial charge in [0.1, 0.15) is 0 Å². The molecule has 0 radical (unpaired) electrons. The minimum absolute atomic E-state index is 0.0513. The fraction of sp³-hybridized carbons (Fsp3) is 0.588. The van der Waals surface area contributed by atoms with Crippen LogP contribution in [0.15, 0.2) is 24.3 Å². The first-order valence-corrected chi connectivity index (χ1v) is 7.15. The van der Waals surface area contributed by atoms with Crippen LogP contribution >= 0.6 is 0 Å². The summed E-state index contributed by atoms with van der Waals surface area (Å²) in [5.41, 5.74) is 2.52. The molecule has 0 aromatic heterocycles. The van der Waals surface area contributed by atoms with Crippen molar-refractivity contribution in [3.63, 3.8) is 0 Å². The second kappa shape index (κ2) is 6.74. The molecule has 0 aliphatic rings. The Kier molecular flexibility index (Phi) is 5.59. The minimum Gasteiger partial charge on any atom is -0.338 e. The number of carbonyl (C=O) groups excluding carboxylic acids is 1. The zero-order valence-corrected chi connectivity index (χ0v) is 13.0. The van der Waals surface area contributed by atoms with Gasteiger partial charge in [-0.2, -0.15) is 0 Å². The largest absolute Gasteiger partial charge is 0.338 e. The molecule has 0 N–H and O–H groups in total. The van der Waals surface area contributed by atoms with E-state index >= 15 is 0 Å². The number of nitrogens with zero attached hydrogens (tertiary/aromatic N) is 1. The predicted octanol–water partition coefficient (Wildman–Crippen LogP) is 4.17. The Morgan fingerprint density at radius 2 is 1.95 bits per heavy atom. The summed E-state index contributed by atoms with van der Waals surface area (Å²) in [6, 6.07) is 8.40. The Morgan fingerprint density at radius 3 is 2.47 bits per heavy atom. The molecule has 0 atom stereocenters. The van der Waals surface area contributed by atoms with Crippen LogP contribution in [-0.4, -0.2) is 17.4 Å². The van der Waals surface area contributed by atoms with Crippen molar-refractivity contribution in [1.82, 2.24) is 4.90 Å². The van der Waals surface area contributed by atoms with Crippen molar-refractivity contribution in [3.8, 4) is 0 Å². The van der Waals surface area contributed by atoms with Crippen molar-refractivity contribution < 1.29 is 4.79 Å². The molecule has 0 bridgehead atoms. The molecular formula is C17H27NO. The van der Waals surface area contributed by atoms with Crippen LogP contribution in [0, 0.1) is 12.3 Å². The minimum atomic E-state index is 0.0513. The van der Waals surface area contributed by atoms with E-state index in [0.717, 1.165) is 19.5 Å². The average Bonchev–Trinajstić information content (AvgIpc) is 2.26. The molecule has 2 heteroatoms. The normalized spacial score (nSPS) is 11.4. The van der Waals surface area contributed by atoms with E-state index < -0.39 is 0 Å². The van der Waals surface area contributed by atoms with Gasteiger partial charge in [0.15, 0.2) is 0 Å². The van der Waals surface area contributed by atoms with Crippen LogP contribution in [0.1, 0.15) is 51.7 Å². The van der Waals surface area contributed by atoms with Crippen LogP contribution in [0.4, 0.5) is 0 Å². The highest BCUT2D eigenvalue weighted by Gasteiger charge is 2.20. The van der Waals surface area contributed by atoms with Gasteiger partial charge in [-0.1, -0.05) is 57.5 Å². The molecule has 0 unspecified atom stereocenters. The third kappa shape index (κ3) is 5.91. The van der Waals surface area contributed by atoms with Crippen LogP contribution in [0.5, 0.6) is 0 Å². The zero-order valence-electron chi connectivity index (χ0n) is 13.0. The van der Waals surface area contributed by atoms with E-state index in [0.29, 0.717) is 6.42 Å². The lowest BCUT2D eigenvalue weighted by atomic mass is 9.91. The monoisotopic (exact) mass is 261 g/mol. The van der Waals surface area contributed by atoms with E-state index in [9.17, 15) is 4.79 Å². The van der Waals surface area contributed by atoms with Crippen molar-refractivity contribution >= 4 is 5.91 Å². The van der Waals surface area contributed by atoms with Crippen LogP contribution in [0.2, 0.25) is 0 Å². The predicted molar refractivity (Wildman–Crippen MR) is 81.0 cm³/mol. The first-order valence-electron chi connectivity index (χ1n) is 7.15. The Bertz CT molecular complexity index is 418. The van der Waals surface area contributed by atoms with Gasteiger partial charge in [-0.25, -0.2) is 0 Å². The Hall–Kier alpha value is -1.31. The third-order valence-electron chi connectivity index (χ3n) is 2.98. The third-order valence-corrected chi connectivity index (χ3v) is 2.98. The number of carbonyl (C=O) groups is 1. The van der Waals surface area contributed by atoms with Gasteiger partial charge in [0.05, 0.1) is 0 Å². The van der Waals surface area contributed by atoms with Crippen molar-refractivity contribution in [2.24, 2.45) is 5.41 Å². The molecule has 0 aliphatic carbocycles. The molecule has 1 aromatic carbocycles. The number of hydrogen-bond acceptors (Lipinski definition) is 1. The van der Waals surface area contributed by atoms with Gasteiger partial charge in [0.25, 0.3) is 0 Å². The fourth-order valence-electron chi connectivity index (χ4n) is 2.16. The quantitative estimate of drug-likeness (QED) is 0.779. The maximum absolute atomic E-state index is 12.4. The van der Waals surface area contributed by atoms with Crippen molar-refractivity contribution in [2.75, 3.05) is 6.54 Å². The lowest BCUT2D eigenvalue weighted by Crippen LogP contribution is -2.33. The summed E-state index contributed by atoms with van der Waals surface area (Å²) in [5, 5.41) is 0. The van der Waals surface area contributed by atoms with Crippen LogP contribution in [0.25, 0.3) is 0 Å². The first kappa shape index (κ1) is 15.7. The molecule has 2 nitrogen and oxygen atoms in total. The highest BCUT2D eigenvalue weighted by molar-refractivity contribution is 5.76. The fourth-order valence-corrected chi connectivity index (χ4v) is 2.16. The molecule has 106 valence electrons. The molecule has 0 heterocycles. The second-order valence-corrected chi connectivity index (χ2v) is 6.54. The number of hydrogen-bond donors (Lipinski definition) is 0. The maximum atomic E-state index is 12.4. The summed E-state index contributed by atoms with van der Waals surface area (Å²) < 4.78 is 0. The van der Waals surface area contributed by atoms with Crippen molar-refractivity contribution in [1.29, 1.82) is 0 Å². The summed E-state index contributed by atoms with van der Waals surface area (Å²) in [6.45, 7) is 12.1. The van der Waals surface area contributed by atoms with Gasteiger partial charge in [-0.15, -0.1) is 0 Å². The van der Waals surface area contributed by atoms with E-state index in [4.69, 9.17) is 0 Å². The van der Waals surface area contributed by atoms with Crippen molar-refractivity contribution in [3.05, 3.63) is 35.4 Å². The smallest absolute Gasteiger partial charge is 0.223 e. The van der Waals surface area contributed by atoms with E-state index in [1.165, 1.54) is 11.1 Å². The molecule has 1 aromatic rings. The van der Waals surface area contributed by atoms with E-state index in [1.807, 2.05) is 4.90 Å². The molecule has 0 saturated carbocycles. The molecule has 0 saturated heterocycles. The number of aryl methyl sites for hydroxylation is 1. The number of amides is 1. The lowest BCUT2D eigenvalue weighted by Gasteiger charge is -2.26. The van der Waals surface area contributed by atoms with Crippen molar-refractivity contribution in [2.45, 2.75) is 54.0 Å². The van der Waals surface area contributed by atoms with Crippen LogP contribution in [0.3, 0.4) is 0 Å². The standard InChI is InChI=1S/C17H27NO/c1-6-10-18(16(19)12-17(3,4)5)13-15-9-7-8-14(2)11-15/h7-9,11H,6,10,12-13H2,1-5H3. The molecule has 0 aliphatic heterocycles. The van der Waals surface area contributed by atoms with Crippen LogP contribution < -0.4 is 0 Å². The van der Waals surface area contributed by atoms with Gasteiger partial charge in [-0.3, -0.25) is 4.79 Å².